The standard InChI is InChI=1S/C14H20N2O3S/c1-3-19-12(2)11-16-7-8-20(17,18)14-6-4-5-13(9-14)10-15/h4-6,9,12,16H,3,7-8,11H2,1-2H3. The van der Waals surface area contributed by atoms with Crippen LogP contribution in [0.25, 0.3) is 0 Å². The first-order valence-corrected chi connectivity index (χ1v) is 8.20. The van der Waals surface area contributed by atoms with Gasteiger partial charge in [-0.2, -0.15) is 5.26 Å². The number of sulfone groups is 1. The summed E-state index contributed by atoms with van der Waals surface area (Å²) in [6.07, 6.45) is 0.0598. The van der Waals surface area contributed by atoms with Crippen molar-refractivity contribution in [1.29, 1.82) is 5.26 Å². The Morgan fingerprint density at radius 2 is 2.20 bits per heavy atom. The SMILES string of the molecule is CCOC(C)CNCCS(=O)(=O)c1cccc(C#N)c1. The van der Waals surface area contributed by atoms with Gasteiger partial charge in [0.05, 0.1) is 28.4 Å². The summed E-state index contributed by atoms with van der Waals surface area (Å²) in [5, 5.41) is 11.8. The van der Waals surface area contributed by atoms with Gasteiger partial charge in [-0.15, -0.1) is 0 Å². The molecule has 1 unspecified atom stereocenters. The number of hydrogen-bond acceptors (Lipinski definition) is 5. The summed E-state index contributed by atoms with van der Waals surface area (Å²) in [6.45, 7) is 5.46. The van der Waals surface area contributed by atoms with E-state index in [2.05, 4.69) is 5.32 Å². The van der Waals surface area contributed by atoms with Crippen LogP contribution in [0.15, 0.2) is 29.2 Å². The van der Waals surface area contributed by atoms with Gasteiger partial charge < -0.3 is 10.1 Å². The van der Waals surface area contributed by atoms with Crippen molar-refractivity contribution < 1.29 is 13.2 Å². The van der Waals surface area contributed by atoms with Crippen molar-refractivity contribution in [2.75, 3.05) is 25.4 Å². The average molecular weight is 296 g/mol. The molecule has 0 aromatic heterocycles. The zero-order chi connectivity index (χ0) is 15.0. The highest BCUT2D eigenvalue weighted by Gasteiger charge is 2.14. The van der Waals surface area contributed by atoms with Gasteiger partial charge in [0.1, 0.15) is 0 Å². The summed E-state index contributed by atoms with van der Waals surface area (Å²) >= 11 is 0. The van der Waals surface area contributed by atoms with Crippen LogP contribution in [0.4, 0.5) is 0 Å². The number of benzene rings is 1. The fraction of sp³-hybridized carbons (Fsp3) is 0.500. The van der Waals surface area contributed by atoms with E-state index >= 15 is 0 Å². The molecule has 1 atom stereocenters. The van der Waals surface area contributed by atoms with Crippen molar-refractivity contribution in [3.63, 3.8) is 0 Å². The van der Waals surface area contributed by atoms with Gasteiger partial charge in [-0.1, -0.05) is 6.07 Å². The molecular formula is C14H20N2O3S. The third-order valence-corrected chi connectivity index (χ3v) is 4.47. The highest BCUT2D eigenvalue weighted by Crippen LogP contribution is 2.12. The number of nitriles is 1. The number of nitrogens with zero attached hydrogens (tertiary/aromatic N) is 1. The highest BCUT2D eigenvalue weighted by molar-refractivity contribution is 7.91. The number of nitrogens with one attached hydrogen (secondary N) is 1. The van der Waals surface area contributed by atoms with E-state index in [1.165, 1.54) is 12.1 Å². The molecule has 0 aliphatic rings. The molecule has 1 rings (SSSR count). The Morgan fingerprint density at radius 1 is 1.45 bits per heavy atom. The van der Waals surface area contributed by atoms with E-state index in [1.54, 1.807) is 12.1 Å². The third-order valence-electron chi connectivity index (χ3n) is 2.75. The summed E-state index contributed by atoms with van der Waals surface area (Å²) < 4.78 is 29.5. The molecule has 0 amide bonds. The van der Waals surface area contributed by atoms with Gasteiger partial charge in [-0.05, 0) is 32.0 Å². The highest BCUT2D eigenvalue weighted by atomic mass is 32.2. The molecule has 0 aliphatic carbocycles. The minimum Gasteiger partial charge on any atom is -0.377 e. The van der Waals surface area contributed by atoms with E-state index < -0.39 is 9.84 Å². The van der Waals surface area contributed by atoms with Crippen molar-refractivity contribution in [1.82, 2.24) is 5.32 Å². The lowest BCUT2D eigenvalue weighted by Gasteiger charge is -2.12. The van der Waals surface area contributed by atoms with E-state index in [0.717, 1.165) is 0 Å². The molecule has 0 bridgehead atoms. The molecule has 1 aromatic carbocycles. The fourth-order valence-corrected chi connectivity index (χ4v) is 2.97. The molecule has 6 heteroatoms. The van der Waals surface area contributed by atoms with Crippen LogP contribution >= 0.6 is 0 Å². The molecule has 0 saturated heterocycles. The average Bonchev–Trinajstić information content (AvgIpc) is 2.44. The lowest BCUT2D eigenvalue weighted by molar-refractivity contribution is 0.0766. The number of hydrogen-bond donors (Lipinski definition) is 1. The maximum Gasteiger partial charge on any atom is 0.179 e. The van der Waals surface area contributed by atoms with E-state index in [9.17, 15) is 8.42 Å². The fourth-order valence-electron chi connectivity index (χ4n) is 1.73. The Morgan fingerprint density at radius 3 is 2.85 bits per heavy atom. The smallest absolute Gasteiger partial charge is 0.179 e. The van der Waals surface area contributed by atoms with Gasteiger partial charge in [0, 0.05) is 19.7 Å². The number of ether oxygens (including phenoxy) is 1. The molecule has 1 aromatic rings. The Labute approximate surface area is 120 Å². The Balaban J connectivity index is 2.52. The molecule has 0 saturated carbocycles. The van der Waals surface area contributed by atoms with E-state index in [1.807, 2.05) is 19.9 Å². The minimum absolute atomic E-state index is 0.000721. The molecule has 0 heterocycles. The molecule has 1 N–H and O–H groups in total. The predicted molar refractivity (Wildman–Crippen MR) is 77.2 cm³/mol. The predicted octanol–water partition coefficient (Wildman–Crippen LogP) is 1.35. The molecule has 5 nitrogen and oxygen atoms in total. The Hall–Kier alpha value is -1.42. The summed E-state index contributed by atoms with van der Waals surface area (Å²) in [6, 6.07) is 8.02. The van der Waals surface area contributed by atoms with Crippen LogP contribution in [0.5, 0.6) is 0 Å². The van der Waals surface area contributed by atoms with Crippen LogP contribution in [0.1, 0.15) is 19.4 Å². The van der Waals surface area contributed by atoms with E-state index in [-0.39, 0.29) is 16.8 Å². The second kappa shape index (κ2) is 8.00. The molecule has 0 aliphatic heterocycles. The molecule has 0 radical (unpaired) electrons. The third kappa shape index (κ3) is 5.29. The molecule has 0 spiro atoms. The van der Waals surface area contributed by atoms with Gasteiger partial charge in [-0.25, -0.2) is 8.42 Å². The maximum absolute atomic E-state index is 12.1. The number of rotatable bonds is 8. The summed E-state index contributed by atoms with van der Waals surface area (Å²) in [7, 11) is -3.36. The first-order valence-electron chi connectivity index (χ1n) is 6.55. The van der Waals surface area contributed by atoms with Crippen LogP contribution in [-0.2, 0) is 14.6 Å². The zero-order valence-electron chi connectivity index (χ0n) is 11.8. The van der Waals surface area contributed by atoms with Crippen LogP contribution < -0.4 is 5.32 Å². The summed E-state index contributed by atoms with van der Waals surface area (Å²) in [4.78, 5) is 0.191. The first-order chi connectivity index (χ1) is 9.49. The van der Waals surface area contributed by atoms with Gasteiger partial charge in [0.2, 0.25) is 0 Å². The van der Waals surface area contributed by atoms with Crippen molar-refractivity contribution in [2.24, 2.45) is 0 Å². The van der Waals surface area contributed by atoms with Crippen molar-refractivity contribution in [3.05, 3.63) is 29.8 Å². The molecular weight excluding hydrogens is 276 g/mol. The monoisotopic (exact) mass is 296 g/mol. The van der Waals surface area contributed by atoms with Crippen molar-refractivity contribution >= 4 is 9.84 Å². The lowest BCUT2D eigenvalue weighted by Crippen LogP contribution is -2.30. The summed E-state index contributed by atoms with van der Waals surface area (Å²) in [5.74, 6) is 0.000721. The Bertz CT molecular complexity index is 564. The minimum atomic E-state index is -3.36. The van der Waals surface area contributed by atoms with Crippen molar-refractivity contribution in [3.8, 4) is 6.07 Å². The second-order valence-electron chi connectivity index (χ2n) is 4.43. The van der Waals surface area contributed by atoms with Crippen LogP contribution in [0, 0.1) is 11.3 Å². The van der Waals surface area contributed by atoms with Gasteiger partial charge in [0.15, 0.2) is 9.84 Å². The lowest BCUT2D eigenvalue weighted by atomic mass is 10.2. The van der Waals surface area contributed by atoms with Crippen LogP contribution in [0.2, 0.25) is 0 Å². The van der Waals surface area contributed by atoms with Crippen LogP contribution in [0.3, 0.4) is 0 Å². The van der Waals surface area contributed by atoms with Gasteiger partial charge in [0.25, 0.3) is 0 Å². The van der Waals surface area contributed by atoms with Gasteiger partial charge >= 0.3 is 0 Å². The largest absolute Gasteiger partial charge is 0.377 e. The van der Waals surface area contributed by atoms with Crippen molar-refractivity contribution in [2.45, 2.75) is 24.8 Å². The topological polar surface area (TPSA) is 79.2 Å². The van der Waals surface area contributed by atoms with Crippen LogP contribution in [-0.4, -0.2) is 40.0 Å². The maximum atomic E-state index is 12.1. The first kappa shape index (κ1) is 16.6. The quantitative estimate of drug-likeness (QED) is 0.732. The Kier molecular flexibility index (Phi) is 6.65. The normalized spacial score (nSPS) is 12.8. The van der Waals surface area contributed by atoms with Gasteiger partial charge in [-0.3, -0.25) is 0 Å². The molecule has 20 heavy (non-hydrogen) atoms. The summed E-state index contributed by atoms with van der Waals surface area (Å²) in [5.41, 5.74) is 0.351. The molecule has 110 valence electrons. The molecule has 0 fully saturated rings. The zero-order valence-corrected chi connectivity index (χ0v) is 12.6. The van der Waals surface area contributed by atoms with E-state index in [0.29, 0.717) is 25.3 Å². The van der Waals surface area contributed by atoms with E-state index in [4.69, 9.17) is 10.00 Å². The second-order valence-corrected chi connectivity index (χ2v) is 6.54.